The first-order valence-corrected chi connectivity index (χ1v) is 5.78. The number of H-pyrrole nitrogens is 1. The zero-order chi connectivity index (χ0) is 12.6. The third-order valence-corrected chi connectivity index (χ3v) is 3.07. The molecule has 0 bridgehead atoms. The van der Waals surface area contributed by atoms with Crippen LogP contribution in [0.2, 0.25) is 0 Å². The smallest absolute Gasteiger partial charge is 0.162 e. The third kappa shape index (κ3) is 2.03. The van der Waals surface area contributed by atoms with Crippen molar-refractivity contribution in [3.8, 4) is 11.1 Å². The number of rotatable bonds is 2. The maximum absolute atomic E-state index is 11.7. The van der Waals surface area contributed by atoms with Crippen molar-refractivity contribution in [1.29, 1.82) is 0 Å². The molecule has 1 heterocycles. The molecule has 17 heavy (non-hydrogen) atoms. The number of aromatic nitrogens is 1. The van der Waals surface area contributed by atoms with E-state index in [9.17, 15) is 4.79 Å². The number of ketones is 1. The zero-order valence-corrected chi connectivity index (χ0v) is 10.7. The largest absolute Gasteiger partial charge is 0.362 e. The molecule has 88 valence electrons. The first kappa shape index (κ1) is 11.6. The van der Waals surface area contributed by atoms with Crippen molar-refractivity contribution in [2.75, 3.05) is 0 Å². The van der Waals surface area contributed by atoms with Crippen LogP contribution in [0.4, 0.5) is 0 Å². The fourth-order valence-corrected chi connectivity index (χ4v) is 2.30. The molecule has 2 heteroatoms. The molecular weight excluding hydrogens is 210 g/mol. The summed E-state index contributed by atoms with van der Waals surface area (Å²) in [5, 5.41) is 0. The number of aryl methyl sites for hydroxylation is 3. The van der Waals surface area contributed by atoms with Crippen LogP contribution in [0.25, 0.3) is 11.1 Å². The Hall–Kier alpha value is -1.83. The summed E-state index contributed by atoms with van der Waals surface area (Å²) < 4.78 is 0. The molecule has 0 fully saturated rings. The van der Waals surface area contributed by atoms with Gasteiger partial charge in [-0.25, -0.2) is 0 Å². The van der Waals surface area contributed by atoms with Crippen molar-refractivity contribution in [3.05, 3.63) is 46.8 Å². The van der Waals surface area contributed by atoms with Crippen LogP contribution in [0, 0.1) is 20.8 Å². The SMILES string of the molecule is CC(=O)c1c(C)[nH]c(C)c1-c1ccc(C)cc1. The number of hydrogen-bond acceptors (Lipinski definition) is 1. The molecule has 0 unspecified atom stereocenters. The minimum Gasteiger partial charge on any atom is -0.362 e. The van der Waals surface area contributed by atoms with Gasteiger partial charge in [-0.2, -0.15) is 0 Å². The highest BCUT2D eigenvalue weighted by atomic mass is 16.1. The summed E-state index contributed by atoms with van der Waals surface area (Å²) in [5.74, 6) is 0.113. The van der Waals surface area contributed by atoms with Crippen molar-refractivity contribution in [2.45, 2.75) is 27.7 Å². The van der Waals surface area contributed by atoms with Crippen LogP contribution in [-0.2, 0) is 0 Å². The average molecular weight is 227 g/mol. The second-order valence-corrected chi connectivity index (χ2v) is 4.55. The number of aromatic amines is 1. The van der Waals surface area contributed by atoms with Gasteiger partial charge < -0.3 is 4.98 Å². The monoisotopic (exact) mass is 227 g/mol. The van der Waals surface area contributed by atoms with E-state index in [2.05, 4.69) is 36.2 Å². The third-order valence-electron chi connectivity index (χ3n) is 3.07. The lowest BCUT2D eigenvalue weighted by Crippen LogP contribution is -1.95. The van der Waals surface area contributed by atoms with E-state index in [1.165, 1.54) is 5.56 Å². The number of carbonyl (C=O) groups is 1. The van der Waals surface area contributed by atoms with E-state index in [0.717, 1.165) is 28.1 Å². The van der Waals surface area contributed by atoms with Gasteiger partial charge in [0.25, 0.3) is 0 Å². The van der Waals surface area contributed by atoms with Gasteiger partial charge in [-0.1, -0.05) is 29.8 Å². The first-order chi connectivity index (χ1) is 8.00. The molecule has 2 nitrogen and oxygen atoms in total. The van der Waals surface area contributed by atoms with E-state index in [1.54, 1.807) is 6.92 Å². The minimum atomic E-state index is 0.113. The maximum atomic E-state index is 11.7. The lowest BCUT2D eigenvalue weighted by atomic mass is 9.97. The molecule has 0 spiro atoms. The predicted octanol–water partition coefficient (Wildman–Crippen LogP) is 3.81. The predicted molar refractivity (Wildman–Crippen MR) is 70.4 cm³/mol. The fourth-order valence-electron chi connectivity index (χ4n) is 2.30. The summed E-state index contributed by atoms with van der Waals surface area (Å²) in [4.78, 5) is 15.0. The minimum absolute atomic E-state index is 0.113. The van der Waals surface area contributed by atoms with Gasteiger partial charge in [0.1, 0.15) is 0 Å². The second-order valence-electron chi connectivity index (χ2n) is 4.55. The van der Waals surface area contributed by atoms with E-state index in [0.29, 0.717) is 0 Å². The molecule has 0 amide bonds. The molecule has 0 aliphatic carbocycles. The highest BCUT2D eigenvalue weighted by Gasteiger charge is 2.17. The summed E-state index contributed by atoms with van der Waals surface area (Å²) in [5.41, 5.74) is 6.18. The van der Waals surface area contributed by atoms with Crippen molar-refractivity contribution < 1.29 is 4.79 Å². The Morgan fingerprint density at radius 2 is 1.59 bits per heavy atom. The van der Waals surface area contributed by atoms with Crippen LogP contribution in [0.1, 0.15) is 34.2 Å². The van der Waals surface area contributed by atoms with Crippen molar-refractivity contribution in [2.24, 2.45) is 0 Å². The summed E-state index contributed by atoms with van der Waals surface area (Å²) in [7, 11) is 0. The number of benzene rings is 1. The normalized spacial score (nSPS) is 10.6. The molecular formula is C15H17NO. The topological polar surface area (TPSA) is 32.9 Å². The molecule has 1 N–H and O–H groups in total. The quantitative estimate of drug-likeness (QED) is 0.777. The van der Waals surface area contributed by atoms with Gasteiger partial charge in [0.2, 0.25) is 0 Å². The molecule has 0 radical (unpaired) electrons. The van der Waals surface area contributed by atoms with Gasteiger partial charge in [-0.15, -0.1) is 0 Å². The van der Waals surface area contributed by atoms with E-state index in [4.69, 9.17) is 0 Å². The van der Waals surface area contributed by atoms with E-state index >= 15 is 0 Å². The highest BCUT2D eigenvalue weighted by Crippen LogP contribution is 2.30. The van der Waals surface area contributed by atoms with Gasteiger partial charge in [0.15, 0.2) is 5.78 Å². The first-order valence-electron chi connectivity index (χ1n) is 5.78. The Morgan fingerprint density at radius 1 is 1.00 bits per heavy atom. The van der Waals surface area contributed by atoms with Crippen LogP contribution in [-0.4, -0.2) is 10.8 Å². The fraction of sp³-hybridized carbons (Fsp3) is 0.267. The number of hydrogen-bond donors (Lipinski definition) is 1. The molecule has 0 atom stereocenters. The molecule has 2 aromatic rings. The average Bonchev–Trinajstić information content (AvgIpc) is 2.55. The Bertz CT molecular complexity index is 561. The van der Waals surface area contributed by atoms with Crippen LogP contribution >= 0.6 is 0 Å². The van der Waals surface area contributed by atoms with Crippen molar-refractivity contribution in [3.63, 3.8) is 0 Å². The van der Waals surface area contributed by atoms with E-state index < -0.39 is 0 Å². The number of Topliss-reactive ketones (excluding diaryl/α,β-unsaturated/α-hetero) is 1. The maximum Gasteiger partial charge on any atom is 0.162 e. The Balaban J connectivity index is 2.66. The summed E-state index contributed by atoms with van der Waals surface area (Å²) in [6, 6.07) is 8.27. The van der Waals surface area contributed by atoms with Gasteiger partial charge in [0, 0.05) is 22.5 Å². The summed E-state index contributed by atoms with van der Waals surface area (Å²) in [6.45, 7) is 7.63. The van der Waals surface area contributed by atoms with Crippen LogP contribution in [0.5, 0.6) is 0 Å². The van der Waals surface area contributed by atoms with Gasteiger partial charge in [-0.05, 0) is 33.3 Å². The Kier molecular flexibility index (Phi) is 2.88. The molecule has 0 saturated carbocycles. The van der Waals surface area contributed by atoms with Crippen LogP contribution in [0.15, 0.2) is 24.3 Å². The molecule has 1 aromatic carbocycles. The molecule has 1 aromatic heterocycles. The molecule has 0 aliphatic heterocycles. The number of nitrogens with one attached hydrogen (secondary N) is 1. The van der Waals surface area contributed by atoms with Gasteiger partial charge in [0.05, 0.1) is 0 Å². The lowest BCUT2D eigenvalue weighted by Gasteiger charge is -2.04. The van der Waals surface area contributed by atoms with Gasteiger partial charge >= 0.3 is 0 Å². The van der Waals surface area contributed by atoms with E-state index in [-0.39, 0.29) is 5.78 Å². The Morgan fingerprint density at radius 3 is 2.12 bits per heavy atom. The standard InChI is InChI=1S/C15H17NO/c1-9-5-7-13(8-6-9)15-11(3)16-10(2)14(15)12(4)17/h5-8,16H,1-4H3. The zero-order valence-electron chi connectivity index (χ0n) is 10.7. The van der Waals surface area contributed by atoms with E-state index in [1.807, 2.05) is 13.8 Å². The number of carbonyl (C=O) groups excluding carboxylic acids is 1. The Labute approximate surface area is 102 Å². The molecule has 0 saturated heterocycles. The van der Waals surface area contributed by atoms with Crippen LogP contribution in [0.3, 0.4) is 0 Å². The van der Waals surface area contributed by atoms with Crippen LogP contribution < -0.4 is 0 Å². The van der Waals surface area contributed by atoms with Crippen molar-refractivity contribution >= 4 is 5.78 Å². The summed E-state index contributed by atoms with van der Waals surface area (Å²) in [6.07, 6.45) is 0. The highest BCUT2D eigenvalue weighted by molar-refractivity contribution is 6.02. The second kappa shape index (κ2) is 4.21. The summed E-state index contributed by atoms with van der Waals surface area (Å²) >= 11 is 0. The van der Waals surface area contributed by atoms with Crippen molar-refractivity contribution in [1.82, 2.24) is 4.98 Å². The lowest BCUT2D eigenvalue weighted by molar-refractivity contribution is 0.101. The molecule has 2 rings (SSSR count). The molecule has 0 aliphatic rings. The van der Waals surface area contributed by atoms with Gasteiger partial charge in [-0.3, -0.25) is 4.79 Å².